The summed E-state index contributed by atoms with van der Waals surface area (Å²) in [6, 6.07) is 3.67. The number of benzene rings is 1. The molecule has 0 aliphatic rings. The third-order valence-corrected chi connectivity index (χ3v) is 2.68. The number of carbonyl (C=O) groups is 1. The fourth-order valence-corrected chi connectivity index (χ4v) is 1.61. The van der Waals surface area contributed by atoms with E-state index in [4.69, 9.17) is 16.0 Å². The highest BCUT2D eigenvalue weighted by Gasteiger charge is 2.18. The summed E-state index contributed by atoms with van der Waals surface area (Å²) in [6.07, 6.45) is 1.21. The van der Waals surface area contributed by atoms with Crippen LogP contribution in [0.1, 0.15) is 15.9 Å². The molecule has 94 valence electrons. The SMILES string of the molecule is Cc1ccc(F)c(NC(=O)c2ccoc2Cl)c1F. The van der Waals surface area contributed by atoms with Crippen molar-refractivity contribution < 1.29 is 18.0 Å². The van der Waals surface area contributed by atoms with E-state index in [9.17, 15) is 13.6 Å². The molecule has 2 rings (SSSR count). The fourth-order valence-electron chi connectivity index (χ4n) is 1.41. The Morgan fingerprint density at radius 3 is 2.67 bits per heavy atom. The van der Waals surface area contributed by atoms with E-state index in [0.717, 1.165) is 6.07 Å². The van der Waals surface area contributed by atoms with Crippen LogP contribution in [0, 0.1) is 18.6 Å². The normalized spacial score (nSPS) is 10.4. The average molecular weight is 272 g/mol. The quantitative estimate of drug-likeness (QED) is 0.903. The molecule has 0 aliphatic heterocycles. The Balaban J connectivity index is 2.33. The molecular weight excluding hydrogens is 264 g/mol. The minimum absolute atomic E-state index is 0.0111. The molecule has 1 aromatic heterocycles. The summed E-state index contributed by atoms with van der Waals surface area (Å²) < 4.78 is 31.8. The number of halogens is 3. The molecule has 2 aromatic rings. The van der Waals surface area contributed by atoms with Gasteiger partial charge >= 0.3 is 0 Å². The smallest absolute Gasteiger partial charge is 0.260 e. The lowest BCUT2D eigenvalue weighted by molar-refractivity contribution is 0.102. The van der Waals surface area contributed by atoms with Crippen LogP contribution in [-0.2, 0) is 0 Å². The Morgan fingerprint density at radius 2 is 2.06 bits per heavy atom. The molecule has 1 aromatic carbocycles. The summed E-state index contributed by atoms with van der Waals surface area (Å²) in [7, 11) is 0. The van der Waals surface area contributed by atoms with Crippen LogP contribution in [0.4, 0.5) is 14.5 Å². The summed E-state index contributed by atoms with van der Waals surface area (Å²) in [5.41, 5.74) is -0.265. The summed E-state index contributed by atoms with van der Waals surface area (Å²) >= 11 is 5.60. The topological polar surface area (TPSA) is 42.2 Å². The molecule has 0 unspecified atom stereocenters. The van der Waals surface area contributed by atoms with E-state index in [1.165, 1.54) is 25.3 Å². The van der Waals surface area contributed by atoms with E-state index in [1.807, 2.05) is 0 Å². The molecule has 0 fully saturated rings. The second-order valence-electron chi connectivity index (χ2n) is 3.62. The van der Waals surface area contributed by atoms with Gasteiger partial charge in [-0.3, -0.25) is 4.79 Å². The van der Waals surface area contributed by atoms with Crippen molar-refractivity contribution in [1.82, 2.24) is 0 Å². The molecule has 0 radical (unpaired) electrons. The van der Waals surface area contributed by atoms with Crippen LogP contribution < -0.4 is 5.32 Å². The first-order valence-corrected chi connectivity index (χ1v) is 5.37. The fraction of sp³-hybridized carbons (Fsp3) is 0.0833. The van der Waals surface area contributed by atoms with Crippen molar-refractivity contribution in [3.8, 4) is 0 Å². The molecule has 3 nitrogen and oxygen atoms in total. The van der Waals surface area contributed by atoms with Gasteiger partial charge in [0.05, 0.1) is 11.8 Å². The Labute approximate surface area is 106 Å². The maximum atomic E-state index is 13.7. The Bertz CT molecular complexity index is 610. The van der Waals surface area contributed by atoms with Crippen LogP contribution in [0.3, 0.4) is 0 Å². The highest BCUT2D eigenvalue weighted by molar-refractivity contribution is 6.32. The zero-order chi connectivity index (χ0) is 13.3. The van der Waals surface area contributed by atoms with Crippen molar-refractivity contribution in [1.29, 1.82) is 0 Å². The number of hydrogen-bond donors (Lipinski definition) is 1. The van der Waals surface area contributed by atoms with Gasteiger partial charge in [-0.05, 0) is 36.2 Å². The summed E-state index contributed by atoms with van der Waals surface area (Å²) in [6.45, 7) is 1.47. The molecule has 0 bridgehead atoms. The third kappa shape index (κ3) is 2.22. The Hall–Kier alpha value is -1.88. The Morgan fingerprint density at radius 1 is 1.33 bits per heavy atom. The van der Waals surface area contributed by atoms with E-state index < -0.39 is 23.2 Å². The van der Waals surface area contributed by atoms with Gasteiger partial charge in [-0.1, -0.05) is 6.07 Å². The van der Waals surface area contributed by atoms with Crippen molar-refractivity contribution in [2.75, 3.05) is 5.32 Å². The molecule has 18 heavy (non-hydrogen) atoms. The lowest BCUT2D eigenvalue weighted by Gasteiger charge is -2.08. The molecule has 0 saturated carbocycles. The highest BCUT2D eigenvalue weighted by atomic mass is 35.5. The van der Waals surface area contributed by atoms with Crippen molar-refractivity contribution in [3.05, 3.63) is 52.4 Å². The molecule has 0 aliphatic carbocycles. The molecular formula is C12H8ClF2NO2. The first-order valence-electron chi connectivity index (χ1n) is 4.99. The van der Waals surface area contributed by atoms with E-state index in [-0.39, 0.29) is 16.3 Å². The van der Waals surface area contributed by atoms with Crippen molar-refractivity contribution >= 4 is 23.2 Å². The second kappa shape index (κ2) is 4.78. The summed E-state index contributed by atoms with van der Waals surface area (Å²) in [4.78, 5) is 11.7. The monoisotopic (exact) mass is 271 g/mol. The van der Waals surface area contributed by atoms with Crippen LogP contribution in [0.2, 0.25) is 5.22 Å². The first kappa shape index (κ1) is 12.6. The lowest BCUT2D eigenvalue weighted by atomic mass is 10.2. The van der Waals surface area contributed by atoms with Gasteiger partial charge in [0.15, 0.2) is 5.82 Å². The average Bonchev–Trinajstić information content (AvgIpc) is 2.76. The van der Waals surface area contributed by atoms with Crippen LogP contribution in [0.25, 0.3) is 0 Å². The second-order valence-corrected chi connectivity index (χ2v) is 3.96. The van der Waals surface area contributed by atoms with Crippen molar-refractivity contribution in [2.24, 2.45) is 0 Å². The summed E-state index contributed by atoms with van der Waals surface area (Å²) in [5, 5.41) is 1.99. The molecule has 1 amide bonds. The first-order chi connectivity index (χ1) is 8.50. The number of rotatable bonds is 2. The van der Waals surface area contributed by atoms with E-state index in [1.54, 1.807) is 0 Å². The number of carbonyl (C=O) groups excluding carboxylic acids is 1. The number of hydrogen-bond acceptors (Lipinski definition) is 2. The van der Waals surface area contributed by atoms with Gasteiger partial charge < -0.3 is 9.73 Å². The van der Waals surface area contributed by atoms with Crippen molar-refractivity contribution in [3.63, 3.8) is 0 Å². The van der Waals surface area contributed by atoms with Gasteiger partial charge in [0, 0.05) is 0 Å². The van der Waals surface area contributed by atoms with Crippen LogP contribution in [0.15, 0.2) is 28.9 Å². The Kier molecular flexibility index (Phi) is 3.34. The third-order valence-electron chi connectivity index (χ3n) is 2.39. The van der Waals surface area contributed by atoms with Gasteiger partial charge in [-0.2, -0.15) is 0 Å². The van der Waals surface area contributed by atoms with Crippen molar-refractivity contribution in [2.45, 2.75) is 6.92 Å². The van der Waals surface area contributed by atoms with Gasteiger partial charge in [-0.25, -0.2) is 8.78 Å². The number of amides is 1. The largest absolute Gasteiger partial charge is 0.452 e. The maximum Gasteiger partial charge on any atom is 0.260 e. The minimum Gasteiger partial charge on any atom is -0.452 e. The molecule has 1 N–H and O–H groups in total. The number of aryl methyl sites for hydroxylation is 1. The van der Waals surface area contributed by atoms with Gasteiger partial charge in [-0.15, -0.1) is 0 Å². The number of nitrogens with one attached hydrogen (secondary N) is 1. The minimum atomic E-state index is -0.855. The zero-order valence-corrected chi connectivity index (χ0v) is 10.0. The molecule has 1 heterocycles. The van der Waals surface area contributed by atoms with E-state index >= 15 is 0 Å². The standard InChI is InChI=1S/C12H8ClF2NO2/c1-6-2-3-8(14)10(9(6)15)16-12(17)7-4-5-18-11(7)13/h2-5H,1H3,(H,16,17). The van der Waals surface area contributed by atoms with Crippen LogP contribution in [0.5, 0.6) is 0 Å². The van der Waals surface area contributed by atoms with E-state index in [0.29, 0.717) is 0 Å². The lowest BCUT2D eigenvalue weighted by Crippen LogP contribution is -2.14. The number of furan rings is 1. The summed E-state index contributed by atoms with van der Waals surface area (Å²) in [5.74, 6) is -2.41. The van der Waals surface area contributed by atoms with Gasteiger partial charge in [0.1, 0.15) is 11.5 Å². The van der Waals surface area contributed by atoms with Gasteiger partial charge in [0.25, 0.3) is 5.91 Å². The van der Waals surface area contributed by atoms with Gasteiger partial charge in [0.2, 0.25) is 5.22 Å². The predicted octanol–water partition coefficient (Wildman–Crippen LogP) is 3.77. The van der Waals surface area contributed by atoms with Crippen LogP contribution >= 0.6 is 11.6 Å². The van der Waals surface area contributed by atoms with E-state index in [2.05, 4.69) is 5.32 Å². The molecule has 0 spiro atoms. The van der Waals surface area contributed by atoms with Crippen LogP contribution in [-0.4, -0.2) is 5.91 Å². The molecule has 6 heteroatoms. The molecule has 0 atom stereocenters. The zero-order valence-electron chi connectivity index (χ0n) is 9.26. The maximum absolute atomic E-state index is 13.7. The number of anilines is 1. The molecule has 0 saturated heterocycles. The highest BCUT2D eigenvalue weighted by Crippen LogP contribution is 2.24. The predicted molar refractivity (Wildman–Crippen MR) is 62.8 cm³/mol.